The Labute approximate surface area is 119 Å². The van der Waals surface area contributed by atoms with E-state index in [1.54, 1.807) is 0 Å². The number of ketones is 1. The first-order valence-electron chi connectivity index (χ1n) is 7.20. The first kappa shape index (κ1) is 11.7. The lowest BCUT2D eigenvalue weighted by Gasteiger charge is -2.32. The van der Waals surface area contributed by atoms with Gasteiger partial charge in [0, 0.05) is 5.56 Å². The zero-order chi connectivity index (χ0) is 13.7. The van der Waals surface area contributed by atoms with Crippen molar-refractivity contribution in [3.05, 3.63) is 70.8 Å². The summed E-state index contributed by atoms with van der Waals surface area (Å²) in [4.78, 5) is 13.0. The highest BCUT2D eigenvalue weighted by Crippen LogP contribution is 2.53. The number of allylic oxidation sites excluding steroid dienone is 1. The molecule has 2 aromatic carbocycles. The van der Waals surface area contributed by atoms with Crippen LogP contribution >= 0.6 is 0 Å². The van der Waals surface area contributed by atoms with Crippen molar-refractivity contribution in [2.75, 3.05) is 0 Å². The summed E-state index contributed by atoms with van der Waals surface area (Å²) in [5.74, 6) is 0.302. The van der Waals surface area contributed by atoms with Gasteiger partial charge in [0.05, 0.1) is 5.41 Å². The molecule has 2 aliphatic rings. The Morgan fingerprint density at radius 3 is 2.50 bits per heavy atom. The van der Waals surface area contributed by atoms with Crippen molar-refractivity contribution in [3.8, 4) is 0 Å². The summed E-state index contributed by atoms with van der Waals surface area (Å²) in [5.41, 5.74) is 5.47. The average Bonchev–Trinajstić information content (AvgIpc) is 2.75. The monoisotopic (exact) mass is 260 g/mol. The minimum atomic E-state index is -0.335. The van der Waals surface area contributed by atoms with Crippen LogP contribution in [-0.2, 0) is 6.42 Å². The fourth-order valence-corrected chi connectivity index (χ4v) is 3.74. The number of benzene rings is 2. The number of Topliss-reactive ketones (excluding diaryl/α,β-unsaturated/α-hetero) is 1. The molecular weight excluding hydrogens is 244 g/mol. The molecule has 0 saturated heterocycles. The van der Waals surface area contributed by atoms with Crippen molar-refractivity contribution in [1.82, 2.24) is 0 Å². The minimum absolute atomic E-state index is 0.302. The van der Waals surface area contributed by atoms with Crippen LogP contribution in [0.5, 0.6) is 0 Å². The molecule has 0 radical (unpaired) electrons. The van der Waals surface area contributed by atoms with E-state index in [4.69, 9.17) is 0 Å². The van der Waals surface area contributed by atoms with Gasteiger partial charge in [0.25, 0.3) is 0 Å². The molecule has 0 amide bonds. The van der Waals surface area contributed by atoms with Crippen LogP contribution in [0.15, 0.2) is 48.5 Å². The average molecular weight is 260 g/mol. The van der Waals surface area contributed by atoms with Crippen LogP contribution in [0.3, 0.4) is 0 Å². The first-order chi connectivity index (χ1) is 9.76. The Morgan fingerprint density at radius 1 is 1.00 bits per heavy atom. The van der Waals surface area contributed by atoms with Crippen molar-refractivity contribution < 1.29 is 4.79 Å². The van der Waals surface area contributed by atoms with Crippen molar-refractivity contribution in [2.45, 2.75) is 19.8 Å². The predicted octanol–water partition coefficient (Wildman–Crippen LogP) is 4.38. The number of rotatable bonds is 1. The van der Waals surface area contributed by atoms with Gasteiger partial charge in [-0.2, -0.15) is 0 Å². The molecule has 98 valence electrons. The molecule has 0 aliphatic heterocycles. The van der Waals surface area contributed by atoms with Gasteiger partial charge >= 0.3 is 0 Å². The van der Waals surface area contributed by atoms with Gasteiger partial charge in [-0.3, -0.25) is 4.79 Å². The smallest absolute Gasteiger partial charge is 0.174 e. The lowest BCUT2D eigenvalue weighted by atomic mass is 9.69. The van der Waals surface area contributed by atoms with E-state index in [2.05, 4.69) is 43.3 Å². The molecule has 0 bridgehead atoms. The van der Waals surface area contributed by atoms with Gasteiger partial charge in [-0.1, -0.05) is 55.5 Å². The maximum absolute atomic E-state index is 13.0. The third-order valence-electron chi connectivity index (χ3n) is 4.86. The number of carbonyl (C=O) groups excluding carboxylic acids is 1. The second-order valence-electron chi connectivity index (χ2n) is 5.74. The molecule has 0 spiro atoms. The van der Waals surface area contributed by atoms with Crippen LogP contribution in [0.25, 0.3) is 11.6 Å². The summed E-state index contributed by atoms with van der Waals surface area (Å²) in [7, 11) is 0. The summed E-state index contributed by atoms with van der Waals surface area (Å²) >= 11 is 0. The van der Waals surface area contributed by atoms with Crippen LogP contribution < -0.4 is 0 Å². The number of hydrogen-bond acceptors (Lipinski definition) is 1. The summed E-state index contributed by atoms with van der Waals surface area (Å²) < 4.78 is 0. The minimum Gasteiger partial charge on any atom is -0.293 e. The lowest BCUT2D eigenvalue weighted by molar-refractivity contribution is 0.0870. The SMILES string of the molecule is CC[C@@]12Cc3ccccc3C=C1c1ccccc1C2=O. The molecule has 2 aromatic rings. The fraction of sp³-hybridized carbons (Fsp3) is 0.211. The quantitative estimate of drug-likeness (QED) is 0.743. The lowest BCUT2D eigenvalue weighted by Crippen LogP contribution is -2.31. The van der Waals surface area contributed by atoms with Gasteiger partial charge in [-0.25, -0.2) is 0 Å². The molecule has 0 N–H and O–H groups in total. The van der Waals surface area contributed by atoms with E-state index in [1.165, 1.54) is 16.7 Å². The van der Waals surface area contributed by atoms with E-state index >= 15 is 0 Å². The topological polar surface area (TPSA) is 17.1 Å². The molecule has 4 rings (SSSR count). The standard InChI is InChI=1S/C19H16O/c1-2-19-12-14-8-4-3-7-13(14)11-17(19)15-9-5-6-10-16(15)18(19)20/h3-11H,2,12H2,1H3/t19-/m1/s1. The Kier molecular flexibility index (Phi) is 2.29. The zero-order valence-corrected chi connectivity index (χ0v) is 11.5. The van der Waals surface area contributed by atoms with Crippen LogP contribution in [-0.4, -0.2) is 5.78 Å². The molecule has 2 aliphatic carbocycles. The number of carbonyl (C=O) groups is 1. The van der Waals surface area contributed by atoms with E-state index in [9.17, 15) is 4.79 Å². The molecule has 0 unspecified atom stereocenters. The fourth-order valence-electron chi connectivity index (χ4n) is 3.74. The third kappa shape index (κ3) is 1.30. The first-order valence-corrected chi connectivity index (χ1v) is 7.20. The summed E-state index contributed by atoms with van der Waals surface area (Å²) in [6.45, 7) is 2.13. The molecule has 1 heteroatoms. The van der Waals surface area contributed by atoms with Gasteiger partial charge < -0.3 is 0 Å². The van der Waals surface area contributed by atoms with Crippen molar-refractivity contribution in [3.63, 3.8) is 0 Å². The van der Waals surface area contributed by atoms with Crippen LogP contribution in [0.2, 0.25) is 0 Å². The third-order valence-corrected chi connectivity index (χ3v) is 4.86. The Balaban J connectivity index is 2.03. The number of fused-ring (bicyclic) bond motifs is 4. The van der Waals surface area contributed by atoms with E-state index in [1.807, 2.05) is 18.2 Å². The van der Waals surface area contributed by atoms with Crippen molar-refractivity contribution >= 4 is 17.4 Å². The van der Waals surface area contributed by atoms with Crippen LogP contribution in [0.1, 0.15) is 40.4 Å². The molecule has 0 heterocycles. The second-order valence-corrected chi connectivity index (χ2v) is 5.74. The molecule has 1 nitrogen and oxygen atoms in total. The predicted molar refractivity (Wildman–Crippen MR) is 81.5 cm³/mol. The van der Waals surface area contributed by atoms with Crippen LogP contribution in [0.4, 0.5) is 0 Å². The van der Waals surface area contributed by atoms with E-state index in [0.29, 0.717) is 5.78 Å². The van der Waals surface area contributed by atoms with Gasteiger partial charge in [0.15, 0.2) is 5.78 Å². The van der Waals surface area contributed by atoms with Crippen molar-refractivity contribution in [1.29, 1.82) is 0 Å². The normalized spacial score (nSPS) is 22.9. The summed E-state index contributed by atoms with van der Waals surface area (Å²) in [6.07, 6.45) is 3.92. The van der Waals surface area contributed by atoms with Gasteiger partial charge in [0.2, 0.25) is 0 Å². The zero-order valence-electron chi connectivity index (χ0n) is 11.5. The van der Waals surface area contributed by atoms with Crippen LogP contribution in [0, 0.1) is 5.41 Å². The molecular formula is C19H16O. The molecule has 0 saturated carbocycles. The van der Waals surface area contributed by atoms with Gasteiger partial charge in [-0.05, 0) is 41.2 Å². The maximum atomic E-state index is 13.0. The van der Waals surface area contributed by atoms with E-state index in [-0.39, 0.29) is 5.41 Å². The molecule has 0 aromatic heterocycles. The highest BCUT2D eigenvalue weighted by molar-refractivity contribution is 6.20. The van der Waals surface area contributed by atoms with Crippen molar-refractivity contribution in [2.24, 2.45) is 5.41 Å². The summed E-state index contributed by atoms with van der Waals surface area (Å²) in [6, 6.07) is 16.5. The van der Waals surface area contributed by atoms with E-state index in [0.717, 1.165) is 24.0 Å². The highest BCUT2D eigenvalue weighted by Gasteiger charge is 2.49. The summed E-state index contributed by atoms with van der Waals surface area (Å²) in [5, 5.41) is 0. The highest BCUT2D eigenvalue weighted by atomic mass is 16.1. The Morgan fingerprint density at radius 2 is 1.70 bits per heavy atom. The van der Waals surface area contributed by atoms with Gasteiger partial charge in [0.1, 0.15) is 0 Å². The Hall–Kier alpha value is -2.15. The molecule has 1 atom stereocenters. The van der Waals surface area contributed by atoms with E-state index < -0.39 is 0 Å². The largest absolute Gasteiger partial charge is 0.293 e. The van der Waals surface area contributed by atoms with Gasteiger partial charge in [-0.15, -0.1) is 0 Å². The second kappa shape index (κ2) is 3.92. The maximum Gasteiger partial charge on any atom is 0.174 e. The molecule has 0 fully saturated rings. The molecule has 20 heavy (non-hydrogen) atoms. The Bertz CT molecular complexity index is 754. The number of hydrogen-bond donors (Lipinski definition) is 0.